The van der Waals surface area contributed by atoms with Gasteiger partial charge in [0.15, 0.2) is 0 Å². The summed E-state index contributed by atoms with van der Waals surface area (Å²) in [5, 5.41) is 3.37. The van der Waals surface area contributed by atoms with Crippen molar-refractivity contribution in [2.45, 2.75) is 39.7 Å². The van der Waals surface area contributed by atoms with Gasteiger partial charge in [-0.05, 0) is 49.5 Å². The maximum absolute atomic E-state index is 3.37. The molecule has 1 aliphatic rings. The van der Waals surface area contributed by atoms with E-state index in [2.05, 4.69) is 48.3 Å². The molecule has 0 amide bonds. The molecule has 1 heterocycles. The van der Waals surface area contributed by atoms with Crippen LogP contribution in [0.3, 0.4) is 0 Å². The van der Waals surface area contributed by atoms with Gasteiger partial charge >= 0.3 is 0 Å². The van der Waals surface area contributed by atoms with Gasteiger partial charge in [0.25, 0.3) is 0 Å². The number of likely N-dealkylation sites (N-methyl/N-ethyl adjacent to an activating group) is 1. The van der Waals surface area contributed by atoms with E-state index in [1.807, 2.05) is 0 Å². The Morgan fingerprint density at radius 2 is 1.89 bits per heavy atom. The molecule has 0 spiro atoms. The van der Waals surface area contributed by atoms with Crippen LogP contribution in [0.15, 0.2) is 24.3 Å². The Hall–Kier alpha value is -0.860. The molecular formula is C17H28N2. The Bertz CT molecular complexity index is 358. The van der Waals surface area contributed by atoms with E-state index in [9.17, 15) is 0 Å². The molecule has 2 nitrogen and oxygen atoms in total. The normalized spacial score (nSPS) is 20.0. The topological polar surface area (TPSA) is 15.3 Å². The first-order valence-electron chi connectivity index (χ1n) is 7.82. The minimum Gasteiger partial charge on any atom is -0.317 e. The number of nitrogens with zero attached hydrogens (tertiary/aromatic N) is 1. The van der Waals surface area contributed by atoms with E-state index >= 15 is 0 Å². The number of hydrogen-bond donors (Lipinski definition) is 1. The van der Waals surface area contributed by atoms with Crippen LogP contribution in [-0.4, -0.2) is 31.1 Å². The summed E-state index contributed by atoms with van der Waals surface area (Å²) in [6, 6.07) is 9.20. The summed E-state index contributed by atoms with van der Waals surface area (Å²) in [5.41, 5.74) is 2.90. The number of benzene rings is 1. The quantitative estimate of drug-likeness (QED) is 0.758. The summed E-state index contributed by atoms with van der Waals surface area (Å²) >= 11 is 0. The van der Waals surface area contributed by atoms with Crippen molar-refractivity contribution in [2.75, 3.05) is 26.2 Å². The summed E-state index contributed by atoms with van der Waals surface area (Å²) in [4.78, 5) is 2.60. The monoisotopic (exact) mass is 260 g/mol. The summed E-state index contributed by atoms with van der Waals surface area (Å²) in [7, 11) is 0. The van der Waals surface area contributed by atoms with Crippen LogP contribution in [0, 0.1) is 5.92 Å². The Morgan fingerprint density at radius 1 is 1.16 bits per heavy atom. The molecule has 0 bridgehead atoms. The van der Waals surface area contributed by atoms with E-state index in [1.54, 1.807) is 0 Å². The molecule has 1 aromatic carbocycles. The lowest BCUT2D eigenvalue weighted by molar-refractivity contribution is 0.315. The van der Waals surface area contributed by atoms with E-state index in [0.29, 0.717) is 0 Å². The van der Waals surface area contributed by atoms with Gasteiger partial charge in [-0.2, -0.15) is 0 Å². The van der Waals surface area contributed by atoms with E-state index in [-0.39, 0.29) is 0 Å². The average molecular weight is 260 g/mol. The highest BCUT2D eigenvalue weighted by atomic mass is 15.1. The van der Waals surface area contributed by atoms with E-state index in [4.69, 9.17) is 0 Å². The van der Waals surface area contributed by atoms with Crippen LogP contribution in [0.1, 0.15) is 37.8 Å². The lowest BCUT2D eigenvalue weighted by Crippen LogP contribution is -2.20. The van der Waals surface area contributed by atoms with E-state index < -0.39 is 0 Å². The fraction of sp³-hybridized carbons (Fsp3) is 0.647. The second-order valence-corrected chi connectivity index (χ2v) is 5.72. The van der Waals surface area contributed by atoms with Crippen molar-refractivity contribution >= 4 is 0 Å². The molecule has 0 saturated carbocycles. The zero-order valence-electron chi connectivity index (χ0n) is 12.5. The van der Waals surface area contributed by atoms with Gasteiger partial charge in [-0.3, -0.25) is 4.90 Å². The minimum absolute atomic E-state index is 0.930. The van der Waals surface area contributed by atoms with Crippen LogP contribution < -0.4 is 5.32 Å². The molecule has 1 aliphatic heterocycles. The van der Waals surface area contributed by atoms with Gasteiger partial charge in [0.05, 0.1) is 0 Å². The van der Waals surface area contributed by atoms with Crippen LogP contribution in [0.2, 0.25) is 0 Å². The highest BCUT2D eigenvalue weighted by Gasteiger charge is 2.20. The van der Waals surface area contributed by atoms with Gasteiger partial charge in [-0.15, -0.1) is 0 Å². The smallest absolute Gasteiger partial charge is 0.0233 e. The zero-order chi connectivity index (χ0) is 13.5. The van der Waals surface area contributed by atoms with E-state index in [0.717, 1.165) is 32.0 Å². The molecule has 1 atom stereocenters. The van der Waals surface area contributed by atoms with Gasteiger partial charge in [0, 0.05) is 13.1 Å². The Labute approximate surface area is 118 Å². The lowest BCUT2D eigenvalue weighted by Gasteiger charge is -2.16. The molecule has 19 heavy (non-hydrogen) atoms. The van der Waals surface area contributed by atoms with Crippen molar-refractivity contribution < 1.29 is 0 Å². The molecule has 1 N–H and O–H groups in total. The SMILES string of the molecule is CCNCCc1ccc(CN2CCC(CC)C2)cc1. The van der Waals surface area contributed by atoms with Gasteiger partial charge in [-0.25, -0.2) is 0 Å². The predicted octanol–water partition coefficient (Wildman–Crippen LogP) is 3.07. The Morgan fingerprint density at radius 3 is 2.53 bits per heavy atom. The number of hydrogen-bond acceptors (Lipinski definition) is 2. The van der Waals surface area contributed by atoms with Gasteiger partial charge in [0.2, 0.25) is 0 Å². The molecule has 106 valence electrons. The number of rotatable bonds is 7. The molecule has 1 saturated heterocycles. The molecule has 2 rings (SSSR count). The number of likely N-dealkylation sites (tertiary alicyclic amines) is 1. The highest BCUT2D eigenvalue weighted by molar-refractivity contribution is 5.22. The molecule has 0 aliphatic carbocycles. The van der Waals surface area contributed by atoms with E-state index in [1.165, 1.54) is 37.1 Å². The maximum Gasteiger partial charge on any atom is 0.0233 e. The summed E-state index contributed by atoms with van der Waals surface area (Å²) in [5.74, 6) is 0.930. The fourth-order valence-electron chi connectivity index (χ4n) is 2.87. The molecule has 1 fully saturated rings. The average Bonchev–Trinajstić information content (AvgIpc) is 2.89. The highest BCUT2D eigenvalue weighted by Crippen LogP contribution is 2.21. The molecule has 0 aromatic heterocycles. The first-order valence-corrected chi connectivity index (χ1v) is 7.82. The summed E-state index contributed by atoms with van der Waals surface area (Å²) in [6.07, 6.45) is 3.85. The largest absolute Gasteiger partial charge is 0.317 e. The van der Waals surface area contributed by atoms with Gasteiger partial charge < -0.3 is 5.32 Å². The van der Waals surface area contributed by atoms with Gasteiger partial charge in [-0.1, -0.05) is 44.5 Å². The lowest BCUT2D eigenvalue weighted by atomic mass is 10.1. The fourth-order valence-corrected chi connectivity index (χ4v) is 2.87. The third-order valence-electron chi connectivity index (χ3n) is 4.22. The number of nitrogens with one attached hydrogen (secondary N) is 1. The van der Waals surface area contributed by atoms with Gasteiger partial charge in [0.1, 0.15) is 0 Å². The molecule has 1 aromatic rings. The third kappa shape index (κ3) is 4.63. The third-order valence-corrected chi connectivity index (χ3v) is 4.22. The van der Waals surface area contributed by atoms with Crippen molar-refractivity contribution in [1.82, 2.24) is 10.2 Å². The second-order valence-electron chi connectivity index (χ2n) is 5.72. The predicted molar refractivity (Wildman–Crippen MR) is 82.4 cm³/mol. The molecule has 1 unspecified atom stereocenters. The molecule has 2 heteroatoms. The summed E-state index contributed by atoms with van der Waals surface area (Å²) in [6.45, 7) is 10.3. The standard InChI is InChI=1S/C17H28N2/c1-3-15-10-12-19(13-15)14-17-7-5-16(6-8-17)9-11-18-4-2/h5-8,15,18H,3-4,9-14H2,1-2H3. The van der Waals surface area contributed by atoms with Crippen molar-refractivity contribution in [1.29, 1.82) is 0 Å². The zero-order valence-corrected chi connectivity index (χ0v) is 12.5. The Kier molecular flexibility index (Phi) is 5.87. The summed E-state index contributed by atoms with van der Waals surface area (Å²) < 4.78 is 0. The maximum atomic E-state index is 3.37. The Balaban J connectivity index is 1.78. The van der Waals surface area contributed by atoms with Crippen LogP contribution in [0.4, 0.5) is 0 Å². The first kappa shape index (κ1) is 14.5. The first-order chi connectivity index (χ1) is 9.31. The van der Waals surface area contributed by atoms with Crippen LogP contribution >= 0.6 is 0 Å². The second kappa shape index (κ2) is 7.66. The molecule has 0 radical (unpaired) electrons. The van der Waals surface area contributed by atoms with Crippen LogP contribution in [0.5, 0.6) is 0 Å². The van der Waals surface area contributed by atoms with Crippen LogP contribution in [0.25, 0.3) is 0 Å². The molecular weight excluding hydrogens is 232 g/mol. The van der Waals surface area contributed by atoms with Crippen molar-refractivity contribution in [2.24, 2.45) is 5.92 Å². The minimum atomic E-state index is 0.930. The van der Waals surface area contributed by atoms with Crippen molar-refractivity contribution in [3.63, 3.8) is 0 Å². The van der Waals surface area contributed by atoms with Crippen molar-refractivity contribution in [3.8, 4) is 0 Å². The van der Waals surface area contributed by atoms with Crippen LogP contribution in [-0.2, 0) is 13.0 Å². The van der Waals surface area contributed by atoms with Crippen molar-refractivity contribution in [3.05, 3.63) is 35.4 Å².